The molecule has 1 aromatic rings. The molecular weight excluding hydrogens is 334 g/mol. The van der Waals surface area contributed by atoms with Gasteiger partial charge in [0.15, 0.2) is 0 Å². The Hall–Kier alpha value is -1.53. The van der Waals surface area contributed by atoms with Gasteiger partial charge in [-0.05, 0) is 37.0 Å². The number of aliphatic hydroxyl groups is 1. The molecule has 1 N–H and O–H groups in total. The minimum atomic E-state index is -0.516. The monoisotopic (exact) mass is 373 g/mol. The van der Waals surface area contributed by atoms with Crippen LogP contribution in [0.25, 0.3) is 0 Å². The van der Waals surface area contributed by atoms with Gasteiger partial charge in [0.05, 0.1) is 18.6 Å². The molecule has 0 aliphatic rings. The lowest BCUT2D eigenvalue weighted by Crippen LogP contribution is -2.25. The second kappa shape index (κ2) is 14.5. The molecular formula is C24H39NO2. The number of hydrogen-bond donors (Lipinski definition) is 1. The number of nitrogens with zero attached hydrogens (tertiary/aromatic N) is 1. The van der Waals surface area contributed by atoms with Gasteiger partial charge in [0.1, 0.15) is 5.75 Å². The molecule has 0 saturated carbocycles. The maximum absolute atomic E-state index is 9.99. The average Bonchev–Trinajstić information content (AvgIpc) is 2.72. The van der Waals surface area contributed by atoms with Crippen molar-refractivity contribution in [2.45, 2.75) is 95.8 Å². The number of unbranched alkanes of at least 4 members (excludes halogenated alkanes) is 9. The predicted molar refractivity (Wildman–Crippen MR) is 113 cm³/mol. The summed E-state index contributed by atoms with van der Waals surface area (Å²) in [4.78, 5) is 0. The highest BCUT2D eigenvalue weighted by atomic mass is 16.5. The molecule has 1 rings (SSSR count). The van der Waals surface area contributed by atoms with Crippen LogP contribution in [0.2, 0.25) is 0 Å². The fourth-order valence-corrected chi connectivity index (χ4v) is 3.81. The molecule has 0 radical (unpaired) electrons. The van der Waals surface area contributed by atoms with Crippen LogP contribution in [0.3, 0.4) is 0 Å². The minimum Gasteiger partial charge on any atom is -0.497 e. The zero-order chi connectivity index (χ0) is 19.8. The third-order valence-electron chi connectivity index (χ3n) is 5.56. The van der Waals surface area contributed by atoms with E-state index in [0.29, 0.717) is 12.8 Å². The van der Waals surface area contributed by atoms with Crippen molar-refractivity contribution in [3.8, 4) is 11.8 Å². The molecule has 27 heavy (non-hydrogen) atoms. The standard InChI is InChI=1S/C24H39NO2/c1-3-4-5-6-7-8-9-10-11-12-17-24(21-25,18-14-19-26)22-15-13-16-23(20-22)27-2/h13,15-16,20,26H,3-12,14,17-19H2,1-2H3. The van der Waals surface area contributed by atoms with Crippen LogP contribution in [0.15, 0.2) is 24.3 Å². The van der Waals surface area contributed by atoms with Gasteiger partial charge in [-0.2, -0.15) is 5.26 Å². The number of aliphatic hydroxyl groups excluding tert-OH is 1. The van der Waals surface area contributed by atoms with E-state index in [1.54, 1.807) is 7.11 Å². The molecule has 0 aliphatic heterocycles. The molecule has 0 fully saturated rings. The Morgan fingerprint density at radius 3 is 2.07 bits per heavy atom. The molecule has 1 atom stereocenters. The average molecular weight is 374 g/mol. The first-order valence-corrected chi connectivity index (χ1v) is 10.9. The molecule has 0 saturated heterocycles. The minimum absolute atomic E-state index is 0.130. The highest BCUT2D eigenvalue weighted by Crippen LogP contribution is 2.36. The number of nitriles is 1. The first kappa shape index (κ1) is 23.5. The largest absolute Gasteiger partial charge is 0.497 e. The zero-order valence-corrected chi connectivity index (χ0v) is 17.5. The quantitative estimate of drug-likeness (QED) is 0.335. The molecule has 0 bridgehead atoms. The van der Waals surface area contributed by atoms with Gasteiger partial charge in [-0.3, -0.25) is 0 Å². The second-order valence-corrected chi connectivity index (χ2v) is 7.69. The van der Waals surface area contributed by atoms with E-state index < -0.39 is 5.41 Å². The van der Waals surface area contributed by atoms with Crippen molar-refractivity contribution in [1.29, 1.82) is 5.26 Å². The van der Waals surface area contributed by atoms with Crippen molar-refractivity contribution < 1.29 is 9.84 Å². The number of rotatable bonds is 16. The van der Waals surface area contributed by atoms with E-state index >= 15 is 0 Å². The van der Waals surface area contributed by atoms with Crippen molar-refractivity contribution in [2.24, 2.45) is 0 Å². The van der Waals surface area contributed by atoms with Crippen LogP contribution < -0.4 is 4.74 Å². The summed E-state index contributed by atoms with van der Waals surface area (Å²) in [5, 5.41) is 19.3. The Kier molecular flexibility index (Phi) is 12.6. The van der Waals surface area contributed by atoms with Crippen LogP contribution in [0.4, 0.5) is 0 Å². The van der Waals surface area contributed by atoms with E-state index in [1.807, 2.05) is 24.3 Å². The molecule has 0 aromatic heterocycles. The lowest BCUT2D eigenvalue weighted by molar-refractivity contribution is 0.267. The van der Waals surface area contributed by atoms with Gasteiger partial charge < -0.3 is 9.84 Å². The van der Waals surface area contributed by atoms with E-state index in [-0.39, 0.29) is 6.61 Å². The summed E-state index contributed by atoms with van der Waals surface area (Å²) < 4.78 is 5.35. The summed E-state index contributed by atoms with van der Waals surface area (Å²) in [6, 6.07) is 10.5. The summed E-state index contributed by atoms with van der Waals surface area (Å²) in [5.41, 5.74) is 0.506. The topological polar surface area (TPSA) is 53.2 Å². The highest BCUT2D eigenvalue weighted by molar-refractivity contribution is 5.38. The molecule has 3 nitrogen and oxygen atoms in total. The van der Waals surface area contributed by atoms with Crippen molar-refractivity contribution in [3.05, 3.63) is 29.8 Å². The Bertz CT molecular complexity index is 537. The predicted octanol–water partition coefficient (Wildman–Crippen LogP) is 6.54. The Labute approximate surface area is 166 Å². The molecule has 1 aromatic carbocycles. The fraction of sp³-hybridized carbons (Fsp3) is 0.708. The lowest BCUT2D eigenvalue weighted by atomic mass is 9.74. The van der Waals surface area contributed by atoms with E-state index in [1.165, 1.54) is 57.8 Å². The normalized spacial score (nSPS) is 13.1. The maximum atomic E-state index is 9.99. The third-order valence-corrected chi connectivity index (χ3v) is 5.56. The van der Waals surface area contributed by atoms with Gasteiger partial charge in [-0.1, -0.05) is 83.3 Å². The number of methoxy groups -OCH3 is 1. The van der Waals surface area contributed by atoms with E-state index in [0.717, 1.165) is 24.2 Å². The van der Waals surface area contributed by atoms with Crippen LogP contribution in [0.1, 0.15) is 96.0 Å². The van der Waals surface area contributed by atoms with Crippen LogP contribution in [0, 0.1) is 11.3 Å². The molecule has 3 heteroatoms. The Morgan fingerprint density at radius 2 is 1.52 bits per heavy atom. The van der Waals surface area contributed by atoms with Crippen LogP contribution >= 0.6 is 0 Å². The number of ether oxygens (including phenoxy) is 1. The van der Waals surface area contributed by atoms with Crippen molar-refractivity contribution >= 4 is 0 Å². The van der Waals surface area contributed by atoms with Gasteiger partial charge in [-0.15, -0.1) is 0 Å². The van der Waals surface area contributed by atoms with E-state index in [4.69, 9.17) is 4.74 Å². The smallest absolute Gasteiger partial charge is 0.119 e. The fourth-order valence-electron chi connectivity index (χ4n) is 3.81. The van der Waals surface area contributed by atoms with Crippen LogP contribution in [0.5, 0.6) is 5.75 Å². The molecule has 0 spiro atoms. The third kappa shape index (κ3) is 8.80. The summed E-state index contributed by atoms with van der Waals surface area (Å²) in [6.45, 7) is 2.39. The molecule has 0 heterocycles. The second-order valence-electron chi connectivity index (χ2n) is 7.69. The van der Waals surface area contributed by atoms with E-state index in [2.05, 4.69) is 13.0 Å². The highest BCUT2D eigenvalue weighted by Gasteiger charge is 2.31. The van der Waals surface area contributed by atoms with Gasteiger partial charge in [0, 0.05) is 6.61 Å². The van der Waals surface area contributed by atoms with Gasteiger partial charge in [0.25, 0.3) is 0 Å². The summed E-state index contributed by atoms with van der Waals surface area (Å²) in [7, 11) is 1.66. The van der Waals surface area contributed by atoms with Crippen LogP contribution in [-0.2, 0) is 5.41 Å². The summed E-state index contributed by atoms with van der Waals surface area (Å²) in [6.07, 6.45) is 15.2. The molecule has 1 unspecified atom stereocenters. The Balaban J connectivity index is 2.47. The van der Waals surface area contributed by atoms with Crippen molar-refractivity contribution in [2.75, 3.05) is 13.7 Å². The first-order valence-electron chi connectivity index (χ1n) is 10.9. The van der Waals surface area contributed by atoms with Gasteiger partial charge in [-0.25, -0.2) is 0 Å². The van der Waals surface area contributed by atoms with Gasteiger partial charge in [0.2, 0.25) is 0 Å². The SMILES string of the molecule is CCCCCCCCCCCCC(C#N)(CCCO)c1cccc(OC)c1. The van der Waals surface area contributed by atoms with Crippen LogP contribution in [-0.4, -0.2) is 18.8 Å². The maximum Gasteiger partial charge on any atom is 0.119 e. The first-order chi connectivity index (χ1) is 13.2. The Morgan fingerprint density at radius 1 is 0.926 bits per heavy atom. The van der Waals surface area contributed by atoms with E-state index in [9.17, 15) is 10.4 Å². The molecule has 0 amide bonds. The number of benzene rings is 1. The summed E-state index contributed by atoms with van der Waals surface area (Å²) >= 11 is 0. The van der Waals surface area contributed by atoms with Crippen molar-refractivity contribution in [1.82, 2.24) is 0 Å². The number of hydrogen-bond acceptors (Lipinski definition) is 3. The molecule has 0 aliphatic carbocycles. The molecule has 152 valence electrons. The lowest BCUT2D eigenvalue weighted by Gasteiger charge is -2.27. The van der Waals surface area contributed by atoms with Gasteiger partial charge >= 0.3 is 0 Å². The summed E-state index contributed by atoms with van der Waals surface area (Å²) in [5.74, 6) is 0.791. The zero-order valence-electron chi connectivity index (χ0n) is 17.5. The van der Waals surface area contributed by atoms with Crippen molar-refractivity contribution in [3.63, 3.8) is 0 Å².